The number of carboxylic acids is 1. The second-order valence-corrected chi connectivity index (χ2v) is 10.8. The van der Waals surface area contributed by atoms with E-state index in [0.717, 1.165) is 22.3 Å². The van der Waals surface area contributed by atoms with Crippen LogP contribution in [0, 0.1) is 5.41 Å². The van der Waals surface area contributed by atoms with Gasteiger partial charge in [0.25, 0.3) is 0 Å². The van der Waals surface area contributed by atoms with Gasteiger partial charge in [-0.2, -0.15) is 0 Å². The lowest BCUT2D eigenvalue weighted by Crippen LogP contribution is -2.49. The molecule has 0 aromatic heterocycles. The lowest BCUT2D eigenvalue weighted by Gasteiger charge is -2.32. The fourth-order valence-corrected chi connectivity index (χ4v) is 5.71. The summed E-state index contributed by atoms with van der Waals surface area (Å²) in [5, 5.41) is 12.3. The molecule has 4 rings (SSSR count). The molecular weight excluding hydrogens is 452 g/mol. The zero-order valence-electron chi connectivity index (χ0n) is 19.6. The Morgan fingerprint density at radius 3 is 2.24 bits per heavy atom. The van der Waals surface area contributed by atoms with Crippen LogP contribution in [0.15, 0.2) is 48.5 Å². The number of carboxylic acid groups (broad SMARTS) is 1. The molecule has 2 N–H and O–H groups in total. The van der Waals surface area contributed by atoms with Gasteiger partial charge < -0.3 is 20.1 Å². The lowest BCUT2D eigenvalue weighted by molar-refractivity contribution is -0.148. The second-order valence-electron chi connectivity index (χ2n) is 9.81. The Hall–Kier alpha value is -3.00. The van der Waals surface area contributed by atoms with Crippen molar-refractivity contribution in [1.82, 2.24) is 10.2 Å². The largest absolute Gasteiger partial charge is 0.480 e. The normalized spacial score (nSPS) is 18.2. The third kappa shape index (κ3) is 4.92. The average Bonchev–Trinajstić information content (AvgIpc) is 3.40. The minimum Gasteiger partial charge on any atom is -0.480 e. The molecule has 1 aliphatic carbocycles. The quantitative estimate of drug-likeness (QED) is 0.637. The molecule has 2 aliphatic rings. The van der Waals surface area contributed by atoms with Crippen molar-refractivity contribution in [3.05, 3.63) is 59.7 Å². The van der Waals surface area contributed by atoms with Gasteiger partial charge in [-0.1, -0.05) is 69.3 Å². The van der Waals surface area contributed by atoms with Gasteiger partial charge in [-0.05, 0) is 27.7 Å². The van der Waals surface area contributed by atoms with Crippen molar-refractivity contribution in [1.29, 1.82) is 0 Å². The summed E-state index contributed by atoms with van der Waals surface area (Å²) in [7, 11) is 0. The standard InChI is InChI=1S/C26H30N2O5S/c1-26(2,3)22(12-23(29)28-15-34-14-21(28)24(30)31)27-25(32)33-13-20-18-10-6-4-8-16(18)17-9-5-7-11-19(17)20/h4-11,20-22H,12-15H2,1-3H3,(H,27,32)(H,30,31). The Kier molecular flexibility index (Phi) is 6.89. The van der Waals surface area contributed by atoms with E-state index >= 15 is 0 Å². The summed E-state index contributed by atoms with van der Waals surface area (Å²) < 4.78 is 5.66. The second kappa shape index (κ2) is 9.70. The third-order valence-electron chi connectivity index (χ3n) is 6.55. The predicted octanol–water partition coefficient (Wildman–Crippen LogP) is 4.32. The summed E-state index contributed by atoms with van der Waals surface area (Å²) in [4.78, 5) is 38.5. The Morgan fingerprint density at radius 1 is 1.09 bits per heavy atom. The molecule has 1 fully saturated rings. The van der Waals surface area contributed by atoms with E-state index in [9.17, 15) is 19.5 Å². The number of hydrogen-bond donors (Lipinski definition) is 2. The van der Waals surface area contributed by atoms with Crippen LogP contribution >= 0.6 is 11.8 Å². The first-order chi connectivity index (χ1) is 16.2. The molecule has 2 unspecified atom stereocenters. The molecule has 0 radical (unpaired) electrons. The summed E-state index contributed by atoms with van der Waals surface area (Å²) in [6, 6.07) is 14.9. The highest BCUT2D eigenvalue weighted by molar-refractivity contribution is 7.99. The number of carbonyl (C=O) groups is 3. The molecule has 1 aliphatic heterocycles. The summed E-state index contributed by atoms with van der Waals surface area (Å²) in [5.74, 6) is -0.615. The van der Waals surface area contributed by atoms with Crippen molar-refractivity contribution in [2.45, 2.75) is 45.2 Å². The molecule has 2 amide bonds. The molecule has 1 saturated heterocycles. The molecule has 2 aromatic rings. The van der Waals surface area contributed by atoms with Gasteiger partial charge in [-0.15, -0.1) is 11.8 Å². The SMILES string of the molecule is CC(C)(C)C(CC(=O)N1CSCC1C(=O)O)NC(=O)OCC1c2ccccc2-c2ccccc21. The van der Waals surface area contributed by atoms with Crippen LogP contribution in [0.3, 0.4) is 0 Å². The van der Waals surface area contributed by atoms with Crippen LogP contribution in [0.1, 0.15) is 44.2 Å². The van der Waals surface area contributed by atoms with E-state index in [2.05, 4.69) is 29.6 Å². The van der Waals surface area contributed by atoms with Crippen LogP contribution < -0.4 is 5.32 Å². The minimum absolute atomic E-state index is 0.0119. The lowest BCUT2D eigenvalue weighted by atomic mass is 9.84. The number of amides is 2. The molecule has 8 heteroatoms. The summed E-state index contributed by atoms with van der Waals surface area (Å²) >= 11 is 1.42. The van der Waals surface area contributed by atoms with Crippen LogP contribution in [0.4, 0.5) is 4.79 Å². The van der Waals surface area contributed by atoms with Gasteiger partial charge in [0.15, 0.2) is 0 Å². The van der Waals surface area contributed by atoms with E-state index in [0.29, 0.717) is 11.6 Å². The van der Waals surface area contributed by atoms with Gasteiger partial charge in [0.1, 0.15) is 12.6 Å². The zero-order valence-corrected chi connectivity index (χ0v) is 20.4. The first-order valence-corrected chi connectivity index (χ1v) is 12.5. The van der Waals surface area contributed by atoms with Gasteiger partial charge in [-0.25, -0.2) is 9.59 Å². The number of ether oxygens (including phenoxy) is 1. The molecule has 2 aromatic carbocycles. The van der Waals surface area contributed by atoms with Gasteiger partial charge in [0.05, 0.1) is 5.88 Å². The number of benzene rings is 2. The number of rotatable bonds is 6. The minimum atomic E-state index is -1.00. The Bertz CT molecular complexity index is 1050. The Morgan fingerprint density at radius 2 is 1.68 bits per heavy atom. The van der Waals surface area contributed by atoms with Crippen LogP contribution in [0.2, 0.25) is 0 Å². The van der Waals surface area contributed by atoms with Crippen molar-refractivity contribution in [2.75, 3.05) is 18.2 Å². The molecular formula is C26H30N2O5S. The smallest absolute Gasteiger partial charge is 0.407 e. The Labute approximate surface area is 203 Å². The molecule has 0 saturated carbocycles. The van der Waals surface area contributed by atoms with Gasteiger partial charge in [0, 0.05) is 24.1 Å². The van der Waals surface area contributed by atoms with Gasteiger partial charge in [0.2, 0.25) is 5.91 Å². The molecule has 0 bridgehead atoms. The van der Waals surface area contributed by atoms with Crippen LogP contribution in [0.25, 0.3) is 11.1 Å². The number of alkyl carbamates (subject to hydrolysis) is 1. The number of thioether (sulfide) groups is 1. The first kappa shape index (κ1) is 24.1. The van der Waals surface area contributed by atoms with E-state index in [1.54, 1.807) is 0 Å². The topological polar surface area (TPSA) is 95.9 Å². The molecule has 0 spiro atoms. The first-order valence-electron chi connectivity index (χ1n) is 11.4. The summed E-state index contributed by atoms with van der Waals surface area (Å²) in [6.07, 6.45) is -0.571. The average molecular weight is 483 g/mol. The van der Waals surface area contributed by atoms with Crippen LogP contribution in [-0.4, -0.2) is 58.3 Å². The molecule has 180 valence electrons. The van der Waals surface area contributed by atoms with Crippen molar-refractivity contribution in [3.63, 3.8) is 0 Å². The predicted molar refractivity (Wildman–Crippen MR) is 132 cm³/mol. The highest BCUT2D eigenvalue weighted by atomic mass is 32.2. The van der Waals surface area contributed by atoms with Gasteiger partial charge >= 0.3 is 12.1 Å². The van der Waals surface area contributed by atoms with E-state index in [-0.39, 0.29) is 24.9 Å². The maximum Gasteiger partial charge on any atom is 0.407 e. The van der Waals surface area contributed by atoms with Crippen molar-refractivity contribution in [2.24, 2.45) is 5.41 Å². The zero-order chi connectivity index (χ0) is 24.5. The van der Waals surface area contributed by atoms with E-state index in [4.69, 9.17) is 4.74 Å². The number of nitrogens with one attached hydrogen (secondary N) is 1. The molecule has 34 heavy (non-hydrogen) atoms. The highest BCUT2D eigenvalue weighted by Crippen LogP contribution is 2.44. The fourth-order valence-electron chi connectivity index (χ4n) is 4.54. The van der Waals surface area contributed by atoms with Crippen molar-refractivity contribution < 1.29 is 24.2 Å². The number of fused-ring (bicyclic) bond motifs is 3. The monoisotopic (exact) mass is 482 g/mol. The highest BCUT2D eigenvalue weighted by Gasteiger charge is 2.38. The fraction of sp³-hybridized carbons (Fsp3) is 0.423. The molecule has 1 heterocycles. The van der Waals surface area contributed by atoms with E-state index in [1.165, 1.54) is 16.7 Å². The van der Waals surface area contributed by atoms with Gasteiger partial charge in [-0.3, -0.25) is 4.79 Å². The third-order valence-corrected chi connectivity index (χ3v) is 7.56. The maximum atomic E-state index is 12.9. The summed E-state index contributed by atoms with van der Waals surface area (Å²) in [5.41, 5.74) is 4.14. The number of carbonyl (C=O) groups excluding carboxylic acids is 2. The molecule has 7 nitrogen and oxygen atoms in total. The van der Waals surface area contributed by atoms with Crippen molar-refractivity contribution in [3.8, 4) is 11.1 Å². The Balaban J connectivity index is 1.41. The van der Waals surface area contributed by atoms with E-state index in [1.807, 2.05) is 45.0 Å². The van der Waals surface area contributed by atoms with Crippen molar-refractivity contribution >= 4 is 29.7 Å². The summed E-state index contributed by atoms with van der Waals surface area (Å²) in [6.45, 7) is 5.99. The molecule has 2 atom stereocenters. The van der Waals surface area contributed by atoms with Crippen LogP contribution in [-0.2, 0) is 14.3 Å². The number of hydrogen-bond acceptors (Lipinski definition) is 5. The van der Waals surface area contributed by atoms with Crippen LogP contribution in [0.5, 0.6) is 0 Å². The maximum absolute atomic E-state index is 12.9. The van der Waals surface area contributed by atoms with E-state index < -0.39 is 29.6 Å². The number of nitrogens with zero attached hydrogens (tertiary/aromatic N) is 1. The number of aliphatic carboxylic acids is 1.